The van der Waals surface area contributed by atoms with Crippen molar-refractivity contribution in [2.75, 3.05) is 11.8 Å². The van der Waals surface area contributed by atoms with E-state index in [1.54, 1.807) is 12.1 Å². The van der Waals surface area contributed by atoms with Gasteiger partial charge in [0.05, 0.1) is 24.1 Å². The van der Waals surface area contributed by atoms with Gasteiger partial charge in [0, 0.05) is 11.1 Å². The van der Waals surface area contributed by atoms with Gasteiger partial charge in [0.2, 0.25) is 0 Å². The molecule has 0 unspecified atom stereocenters. The summed E-state index contributed by atoms with van der Waals surface area (Å²) in [6.45, 7) is 14.0. The van der Waals surface area contributed by atoms with Gasteiger partial charge in [-0.05, 0) is 60.9 Å². The van der Waals surface area contributed by atoms with Gasteiger partial charge in [-0.25, -0.2) is 13.4 Å². The first-order valence-corrected chi connectivity index (χ1v) is 13.9. The third kappa shape index (κ3) is 8.06. The smallest absolute Gasteiger partial charge is 0.265 e. The second-order valence-electron chi connectivity index (χ2n) is 10.1. The van der Waals surface area contributed by atoms with Gasteiger partial charge in [0.25, 0.3) is 10.0 Å². The summed E-state index contributed by atoms with van der Waals surface area (Å²) in [5.74, 6) is 1.16. The SMILES string of the molecule is CC(C)C.COc1ccc(-c2sc(CC(=O)C(C)(C)C)nc2C)cc1S(=O)(=O)Nc1ccc(O)cc1. The minimum absolute atomic E-state index is 0.0225. The largest absolute Gasteiger partial charge is 0.508 e. The Hall–Kier alpha value is -2.91. The highest BCUT2D eigenvalue weighted by Crippen LogP contribution is 2.36. The van der Waals surface area contributed by atoms with Gasteiger partial charge >= 0.3 is 0 Å². The van der Waals surface area contributed by atoms with Crippen LogP contribution >= 0.6 is 11.3 Å². The number of hydrogen-bond donors (Lipinski definition) is 2. The molecule has 0 aliphatic rings. The minimum Gasteiger partial charge on any atom is -0.508 e. The summed E-state index contributed by atoms with van der Waals surface area (Å²) in [4.78, 5) is 17.7. The molecule has 7 nitrogen and oxygen atoms in total. The Bertz CT molecular complexity index is 1290. The van der Waals surface area contributed by atoms with Crippen molar-refractivity contribution in [1.82, 2.24) is 4.98 Å². The van der Waals surface area contributed by atoms with E-state index in [1.165, 1.54) is 48.8 Å². The second kappa shape index (κ2) is 11.9. The predicted molar refractivity (Wildman–Crippen MR) is 146 cm³/mol. The van der Waals surface area contributed by atoms with E-state index in [9.17, 15) is 18.3 Å². The minimum atomic E-state index is -3.97. The highest BCUT2D eigenvalue weighted by Gasteiger charge is 2.25. The Morgan fingerprint density at radius 1 is 1.11 bits per heavy atom. The van der Waals surface area contributed by atoms with Gasteiger partial charge in [-0.3, -0.25) is 9.52 Å². The van der Waals surface area contributed by atoms with Gasteiger partial charge in [0.1, 0.15) is 27.2 Å². The fourth-order valence-electron chi connectivity index (χ4n) is 2.97. The van der Waals surface area contributed by atoms with Crippen LogP contribution in [0.15, 0.2) is 47.4 Å². The Morgan fingerprint density at radius 3 is 2.22 bits per heavy atom. The summed E-state index contributed by atoms with van der Waals surface area (Å²) in [6.07, 6.45) is 0.235. The zero-order valence-corrected chi connectivity index (χ0v) is 23.8. The molecular weight excluding hydrogens is 496 g/mol. The quantitative estimate of drug-likeness (QED) is 0.339. The zero-order chi connectivity index (χ0) is 27.3. The first kappa shape index (κ1) is 29.3. The molecule has 2 aromatic carbocycles. The summed E-state index contributed by atoms with van der Waals surface area (Å²) in [7, 11) is -2.56. The van der Waals surface area contributed by atoms with E-state index in [2.05, 4.69) is 30.5 Å². The number of rotatable bonds is 7. The summed E-state index contributed by atoms with van der Waals surface area (Å²) < 4.78 is 34.0. The van der Waals surface area contributed by atoms with Crippen molar-refractivity contribution in [3.8, 4) is 21.9 Å². The van der Waals surface area contributed by atoms with Gasteiger partial charge in [-0.1, -0.05) is 41.5 Å². The van der Waals surface area contributed by atoms with Gasteiger partial charge in [0.15, 0.2) is 0 Å². The lowest BCUT2D eigenvalue weighted by Gasteiger charge is -2.15. The zero-order valence-electron chi connectivity index (χ0n) is 22.2. The Morgan fingerprint density at radius 2 is 1.69 bits per heavy atom. The number of phenolic OH excluding ortho intramolecular Hbond substituents is 1. The molecule has 0 atom stereocenters. The van der Waals surface area contributed by atoms with Crippen molar-refractivity contribution < 1.29 is 23.1 Å². The van der Waals surface area contributed by atoms with Crippen LogP contribution in [0.5, 0.6) is 11.5 Å². The highest BCUT2D eigenvalue weighted by atomic mass is 32.2. The fourth-order valence-corrected chi connectivity index (χ4v) is 5.28. The standard InChI is InChI=1S/C23H26N2O5S2.C4H10/c1-14-22(31-21(24-14)13-20(27)23(2,3)4)15-6-11-18(30-5)19(12-15)32(28,29)25-16-7-9-17(26)10-8-16;1-4(2)3/h6-12,25-26H,13H2,1-5H3;4H,1-3H3. The number of aromatic hydroxyl groups is 1. The normalized spacial score (nSPS) is 11.6. The van der Waals surface area contributed by atoms with Crippen LogP contribution in [0.2, 0.25) is 0 Å². The molecule has 0 aliphatic heterocycles. The average Bonchev–Trinajstić information content (AvgIpc) is 3.13. The van der Waals surface area contributed by atoms with Crippen LogP contribution in [0.25, 0.3) is 10.4 Å². The topological polar surface area (TPSA) is 106 Å². The molecule has 0 aliphatic carbocycles. The average molecular weight is 533 g/mol. The number of Topliss-reactive ketones (excluding diaryl/α,β-unsaturated/α-hetero) is 1. The van der Waals surface area contributed by atoms with E-state index >= 15 is 0 Å². The van der Waals surface area contributed by atoms with Crippen LogP contribution < -0.4 is 9.46 Å². The number of nitrogens with zero attached hydrogens (tertiary/aromatic N) is 1. The molecule has 9 heteroatoms. The third-order valence-corrected chi connectivity index (χ3v) is 7.43. The van der Waals surface area contributed by atoms with Gasteiger partial charge < -0.3 is 9.84 Å². The van der Waals surface area contributed by atoms with Gasteiger partial charge in [-0.15, -0.1) is 11.3 Å². The van der Waals surface area contributed by atoms with Crippen LogP contribution in [0.1, 0.15) is 52.2 Å². The van der Waals surface area contributed by atoms with E-state index in [0.717, 1.165) is 16.5 Å². The van der Waals surface area contributed by atoms with Crippen molar-refractivity contribution in [3.05, 3.63) is 53.2 Å². The maximum Gasteiger partial charge on any atom is 0.265 e. The number of ether oxygens (including phenoxy) is 1. The number of nitrogens with one attached hydrogen (secondary N) is 1. The number of sulfonamides is 1. The molecule has 0 spiro atoms. The lowest BCUT2D eigenvalue weighted by atomic mass is 9.89. The number of carbonyl (C=O) groups excluding carboxylic acids is 1. The van der Waals surface area contributed by atoms with E-state index < -0.39 is 15.4 Å². The maximum atomic E-state index is 13.1. The van der Waals surface area contributed by atoms with Gasteiger partial charge in [-0.2, -0.15) is 0 Å². The van der Waals surface area contributed by atoms with E-state index in [0.29, 0.717) is 16.3 Å². The van der Waals surface area contributed by atoms with Crippen molar-refractivity contribution in [2.45, 2.75) is 59.8 Å². The van der Waals surface area contributed by atoms with Crippen LogP contribution in [-0.2, 0) is 21.2 Å². The second-order valence-corrected chi connectivity index (χ2v) is 12.9. The first-order chi connectivity index (χ1) is 16.6. The lowest BCUT2D eigenvalue weighted by molar-refractivity contribution is -0.125. The third-order valence-electron chi connectivity index (χ3n) is 4.82. The number of methoxy groups -OCH3 is 1. The van der Waals surface area contributed by atoms with E-state index in [-0.39, 0.29) is 28.6 Å². The number of thiazole rings is 1. The number of ketones is 1. The number of phenols is 1. The van der Waals surface area contributed by atoms with Crippen LogP contribution in [0.3, 0.4) is 0 Å². The van der Waals surface area contributed by atoms with Crippen LogP contribution in [0.4, 0.5) is 5.69 Å². The van der Waals surface area contributed by atoms with Crippen molar-refractivity contribution >= 4 is 32.8 Å². The molecular formula is C27H36N2O5S2. The maximum absolute atomic E-state index is 13.1. The molecule has 36 heavy (non-hydrogen) atoms. The summed E-state index contributed by atoms with van der Waals surface area (Å²) in [5, 5.41) is 10.1. The molecule has 0 fully saturated rings. The van der Waals surface area contributed by atoms with Crippen molar-refractivity contribution in [3.63, 3.8) is 0 Å². The molecule has 1 aromatic heterocycles. The molecule has 196 valence electrons. The predicted octanol–water partition coefficient (Wildman–Crippen LogP) is 6.45. The van der Waals surface area contributed by atoms with Crippen LogP contribution in [-0.4, -0.2) is 31.4 Å². The summed E-state index contributed by atoms with van der Waals surface area (Å²) in [5.41, 5.74) is 1.25. The molecule has 0 bridgehead atoms. The molecule has 0 saturated carbocycles. The Balaban J connectivity index is 0.00000106. The molecule has 3 rings (SSSR count). The lowest BCUT2D eigenvalue weighted by Crippen LogP contribution is -2.21. The highest BCUT2D eigenvalue weighted by molar-refractivity contribution is 7.92. The number of aromatic nitrogens is 1. The van der Waals surface area contributed by atoms with Crippen molar-refractivity contribution in [2.24, 2.45) is 11.3 Å². The number of carbonyl (C=O) groups is 1. The first-order valence-electron chi connectivity index (χ1n) is 11.6. The molecule has 0 saturated heterocycles. The molecule has 3 aromatic rings. The molecule has 0 radical (unpaired) electrons. The molecule has 2 N–H and O–H groups in total. The summed E-state index contributed by atoms with van der Waals surface area (Å²) in [6, 6.07) is 10.6. The molecule has 0 amide bonds. The monoisotopic (exact) mass is 532 g/mol. The van der Waals surface area contributed by atoms with Crippen molar-refractivity contribution in [1.29, 1.82) is 0 Å². The van der Waals surface area contributed by atoms with E-state index in [1.807, 2.05) is 27.7 Å². The fraction of sp³-hybridized carbons (Fsp3) is 0.407. The number of benzene rings is 2. The number of anilines is 1. The number of aryl methyl sites for hydroxylation is 1. The summed E-state index contributed by atoms with van der Waals surface area (Å²) >= 11 is 1.38. The Labute approximate surface area is 218 Å². The molecule has 1 heterocycles. The number of hydrogen-bond acceptors (Lipinski definition) is 7. The van der Waals surface area contributed by atoms with E-state index in [4.69, 9.17) is 4.74 Å². The van der Waals surface area contributed by atoms with Crippen LogP contribution in [0, 0.1) is 18.3 Å². The Kier molecular flexibility index (Phi) is 9.68.